The van der Waals surface area contributed by atoms with E-state index in [9.17, 15) is 8.78 Å². The Morgan fingerprint density at radius 2 is 1.94 bits per heavy atom. The van der Waals surface area contributed by atoms with E-state index in [4.69, 9.17) is 0 Å². The van der Waals surface area contributed by atoms with E-state index in [1.165, 1.54) is 0 Å². The maximum absolute atomic E-state index is 13.7. The molecule has 1 aromatic carbocycles. The van der Waals surface area contributed by atoms with Crippen molar-refractivity contribution in [2.45, 2.75) is 45.6 Å². The molecule has 0 aromatic heterocycles. The van der Waals surface area contributed by atoms with Crippen LogP contribution in [0.25, 0.3) is 0 Å². The van der Waals surface area contributed by atoms with Gasteiger partial charge in [0.05, 0.1) is 0 Å². The zero-order valence-corrected chi connectivity index (χ0v) is 10.8. The second-order valence-electron chi connectivity index (χ2n) is 4.38. The highest BCUT2D eigenvalue weighted by Gasteiger charge is 2.21. The van der Waals surface area contributed by atoms with Crippen molar-refractivity contribution in [3.8, 4) is 0 Å². The smallest absolute Gasteiger partial charge is 0.162 e. The van der Waals surface area contributed by atoms with Crippen LogP contribution in [0.4, 0.5) is 8.78 Å². The molecule has 2 unspecified atom stereocenters. The summed E-state index contributed by atoms with van der Waals surface area (Å²) in [6.45, 7) is 6.91. The van der Waals surface area contributed by atoms with Gasteiger partial charge in [-0.25, -0.2) is 8.78 Å². The molecule has 0 aliphatic rings. The van der Waals surface area contributed by atoms with Crippen molar-refractivity contribution in [3.05, 3.63) is 35.4 Å². The van der Waals surface area contributed by atoms with Crippen LogP contribution in [0.1, 0.15) is 45.1 Å². The molecular formula is C14H21F2N. The van der Waals surface area contributed by atoms with Crippen LogP contribution in [0.3, 0.4) is 0 Å². The molecule has 1 N–H and O–H groups in total. The van der Waals surface area contributed by atoms with Crippen LogP contribution in [0.2, 0.25) is 0 Å². The predicted molar refractivity (Wildman–Crippen MR) is 67.1 cm³/mol. The molecule has 0 spiro atoms. The highest BCUT2D eigenvalue weighted by molar-refractivity contribution is 5.24. The summed E-state index contributed by atoms with van der Waals surface area (Å²) in [5, 5.41) is 3.34. The average molecular weight is 241 g/mol. The van der Waals surface area contributed by atoms with Crippen molar-refractivity contribution in [1.82, 2.24) is 5.32 Å². The topological polar surface area (TPSA) is 12.0 Å². The van der Waals surface area contributed by atoms with Crippen LogP contribution in [0.5, 0.6) is 0 Å². The molecule has 2 atom stereocenters. The van der Waals surface area contributed by atoms with E-state index in [0.29, 0.717) is 5.56 Å². The average Bonchev–Trinajstić information content (AvgIpc) is 2.31. The fourth-order valence-electron chi connectivity index (χ4n) is 2.19. The van der Waals surface area contributed by atoms with E-state index < -0.39 is 11.6 Å². The minimum atomic E-state index is -0.763. The summed E-state index contributed by atoms with van der Waals surface area (Å²) in [7, 11) is 0. The lowest BCUT2D eigenvalue weighted by Gasteiger charge is -2.25. The number of hydrogen-bond acceptors (Lipinski definition) is 1. The van der Waals surface area contributed by atoms with Crippen molar-refractivity contribution in [1.29, 1.82) is 0 Å². The third-order valence-corrected chi connectivity index (χ3v) is 3.14. The number of benzene rings is 1. The first-order valence-corrected chi connectivity index (χ1v) is 6.29. The lowest BCUT2D eigenvalue weighted by atomic mass is 9.90. The molecule has 0 aliphatic heterocycles. The van der Waals surface area contributed by atoms with Gasteiger partial charge in [0.25, 0.3) is 0 Å². The standard InChI is InChI=1S/C14H21F2N/c1-4-7-13(17-5-2)10(3)11-8-6-9-12(15)14(11)16/h6,8-10,13,17H,4-5,7H2,1-3H3. The number of hydrogen-bond donors (Lipinski definition) is 1. The van der Waals surface area contributed by atoms with Crippen LogP contribution in [0.15, 0.2) is 18.2 Å². The van der Waals surface area contributed by atoms with E-state index in [1.807, 2.05) is 13.8 Å². The Bertz CT molecular complexity index is 346. The van der Waals surface area contributed by atoms with Gasteiger partial charge in [0.1, 0.15) is 0 Å². The Morgan fingerprint density at radius 1 is 1.24 bits per heavy atom. The van der Waals surface area contributed by atoms with Gasteiger partial charge in [-0.05, 0) is 30.5 Å². The summed E-state index contributed by atoms with van der Waals surface area (Å²) in [5.41, 5.74) is 0.462. The number of likely N-dealkylation sites (N-methyl/N-ethyl adjacent to an activating group) is 1. The van der Waals surface area contributed by atoms with Gasteiger partial charge in [-0.3, -0.25) is 0 Å². The van der Waals surface area contributed by atoms with Gasteiger partial charge in [-0.15, -0.1) is 0 Å². The third-order valence-electron chi connectivity index (χ3n) is 3.14. The Kier molecular flexibility index (Phi) is 5.56. The number of nitrogens with one attached hydrogen (secondary N) is 1. The fraction of sp³-hybridized carbons (Fsp3) is 0.571. The molecule has 1 rings (SSSR count). The maximum atomic E-state index is 13.7. The third kappa shape index (κ3) is 3.50. The van der Waals surface area contributed by atoms with E-state index >= 15 is 0 Å². The van der Waals surface area contributed by atoms with Gasteiger partial charge in [0, 0.05) is 6.04 Å². The molecule has 0 fully saturated rings. The Labute approximate surface area is 102 Å². The normalized spacial score (nSPS) is 14.6. The van der Waals surface area contributed by atoms with Gasteiger partial charge >= 0.3 is 0 Å². The first-order valence-electron chi connectivity index (χ1n) is 6.29. The number of rotatable bonds is 6. The van der Waals surface area contributed by atoms with E-state index in [1.54, 1.807) is 12.1 Å². The first kappa shape index (κ1) is 14.1. The molecule has 0 heterocycles. The highest BCUT2D eigenvalue weighted by atomic mass is 19.2. The summed E-state index contributed by atoms with van der Waals surface area (Å²) in [6.07, 6.45) is 1.99. The molecular weight excluding hydrogens is 220 g/mol. The van der Waals surface area contributed by atoms with Crippen LogP contribution >= 0.6 is 0 Å². The van der Waals surface area contributed by atoms with E-state index in [-0.39, 0.29) is 12.0 Å². The quantitative estimate of drug-likeness (QED) is 0.797. The molecule has 3 heteroatoms. The molecule has 17 heavy (non-hydrogen) atoms. The molecule has 0 aliphatic carbocycles. The van der Waals surface area contributed by atoms with Gasteiger partial charge in [-0.2, -0.15) is 0 Å². The van der Waals surface area contributed by atoms with E-state index in [0.717, 1.165) is 25.5 Å². The second kappa shape index (κ2) is 6.70. The summed E-state index contributed by atoms with van der Waals surface area (Å²) >= 11 is 0. The SMILES string of the molecule is CCCC(NCC)C(C)c1cccc(F)c1F. The largest absolute Gasteiger partial charge is 0.314 e. The van der Waals surface area contributed by atoms with Crippen LogP contribution in [-0.4, -0.2) is 12.6 Å². The molecule has 1 aromatic rings. The lowest BCUT2D eigenvalue weighted by molar-refractivity contribution is 0.410. The number of halogens is 2. The summed E-state index contributed by atoms with van der Waals surface area (Å²) < 4.78 is 26.9. The molecule has 96 valence electrons. The molecule has 0 amide bonds. The van der Waals surface area contributed by atoms with Crippen molar-refractivity contribution >= 4 is 0 Å². The van der Waals surface area contributed by atoms with Crippen molar-refractivity contribution < 1.29 is 8.78 Å². The summed E-state index contributed by atoms with van der Waals surface area (Å²) in [6, 6.07) is 4.59. The fourth-order valence-corrected chi connectivity index (χ4v) is 2.19. The first-order chi connectivity index (χ1) is 8.11. The predicted octanol–water partition coefficient (Wildman–Crippen LogP) is 3.85. The molecule has 0 radical (unpaired) electrons. The molecule has 0 saturated heterocycles. The van der Waals surface area contributed by atoms with Crippen molar-refractivity contribution in [2.75, 3.05) is 6.54 Å². The molecule has 0 saturated carbocycles. The maximum Gasteiger partial charge on any atom is 0.162 e. The Hall–Kier alpha value is -0.960. The minimum Gasteiger partial charge on any atom is -0.314 e. The zero-order valence-electron chi connectivity index (χ0n) is 10.8. The van der Waals surface area contributed by atoms with Crippen molar-refractivity contribution in [3.63, 3.8) is 0 Å². The monoisotopic (exact) mass is 241 g/mol. The summed E-state index contributed by atoms with van der Waals surface area (Å²) in [4.78, 5) is 0. The molecule has 0 bridgehead atoms. The summed E-state index contributed by atoms with van der Waals surface area (Å²) in [5.74, 6) is -1.49. The van der Waals surface area contributed by atoms with Gasteiger partial charge in [0.15, 0.2) is 11.6 Å². The Morgan fingerprint density at radius 3 is 2.53 bits per heavy atom. The van der Waals surface area contributed by atoms with Gasteiger partial charge < -0.3 is 5.32 Å². The molecule has 1 nitrogen and oxygen atoms in total. The van der Waals surface area contributed by atoms with Gasteiger partial charge in [0.2, 0.25) is 0 Å². The van der Waals surface area contributed by atoms with Crippen LogP contribution in [-0.2, 0) is 0 Å². The lowest BCUT2D eigenvalue weighted by Crippen LogP contribution is -2.34. The van der Waals surface area contributed by atoms with Crippen LogP contribution in [0, 0.1) is 11.6 Å². The van der Waals surface area contributed by atoms with Crippen molar-refractivity contribution in [2.24, 2.45) is 0 Å². The van der Waals surface area contributed by atoms with Crippen LogP contribution < -0.4 is 5.32 Å². The van der Waals surface area contributed by atoms with Gasteiger partial charge in [-0.1, -0.05) is 39.3 Å². The Balaban J connectivity index is 2.92. The minimum absolute atomic E-state index is 0.0226. The zero-order chi connectivity index (χ0) is 12.8. The van der Waals surface area contributed by atoms with E-state index in [2.05, 4.69) is 12.2 Å². The highest BCUT2D eigenvalue weighted by Crippen LogP contribution is 2.25. The second-order valence-corrected chi connectivity index (χ2v) is 4.38.